The highest BCUT2D eigenvalue weighted by atomic mass is 35.5. The lowest BCUT2D eigenvalue weighted by atomic mass is 10.3. The van der Waals surface area contributed by atoms with E-state index < -0.39 is 5.97 Å². The number of ether oxygens (including phenoxy) is 1. The number of aromatic carboxylic acids is 1. The average Bonchev–Trinajstić information content (AvgIpc) is 2.87. The standard InChI is InChI=1S/C14H10ClN3O3/c15-9-3-4-12-17-10(7-18(12)6-9)8-21-11-2-1-5-16-13(11)14(19)20/h1-7H,8H2,(H,19,20). The van der Waals surface area contributed by atoms with Gasteiger partial charge in [-0.1, -0.05) is 11.6 Å². The van der Waals surface area contributed by atoms with E-state index >= 15 is 0 Å². The number of nitrogens with zero attached hydrogens (tertiary/aromatic N) is 3. The first-order chi connectivity index (χ1) is 10.1. The second-order valence-corrected chi connectivity index (χ2v) is 4.73. The number of rotatable bonds is 4. The number of hydrogen-bond donors (Lipinski definition) is 1. The molecule has 0 atom stereocenters. The molecule has 0 aliphatic rings. The van der Waals surface area contributed by atoms with Crippen LogP contribution in [0.5, 0.6) is 5.75 Å². The second-order valence-electron chi connectivity index (χ2n) is 4.29. The molecule has 0 aromatic carbocycles. The van der Waals surface area contributed by atoms with Gasteiger partial charge in [-0.15, -0.1) is 0 Å². The number of carbonyl (C=O) groups is 1. The number of hydrogen-bond acceptors (Lipinski definition) is 4. The summed E-state index contributed by atoms with van der Waals surface area (Å²) >= 11 is 5.90. The largest absolute Gasteiger partial charge is 0.485 e. The van der Waals surface area contributed by atoms with Crippen molar-refractivity contribution in [1.82, 2.24) is 14.4 Å². The van der Waals surface area contributed by atoms with Gasteiger partial charge in [-0.05, 0) is 24.3 Å². The van der Waals surface area contributed by atoms with Crippen LogP contribution in [0.15, 0.2) is 42.9 Å². The zero-order valence-electron chi connectivity index (χ0n) is 10.7. The quantitative estimate of drug-likeness (QED) is 0.802. The Bertz CT molecular complexity index is 816. The van der Waals surface area contributed by atoms with Gasteiger partial charge in [0.2, 0.25) is 0 Å². The molecule has 21 heavy (non-hydrogen) atoms. The Balaban J connectivity index is 1.82. The van der Waals surface area contributed by atoms with Crippen LogP contribution >= 0.6 is 11.6 Å². The van der Waals surface area contributed by atoms with Gasteiger partial charge >= 0.3 is 5.97 Å². The fraction of sp³-hybridized carbons (Fsp3) is 0.0714. The third-order valence-corrected chi connectivity index (χ3v) is 3.04. The lowest BCUT2D eigenvalue weighted by molar-refractivity contribution is 0.0684. The van der Waals surface area contributed by atoms with E-state index in [1.165, 1.54) is 6.20 Å². The molecule has 106 valence electrons. The summed E-state index contributed by atoms with van der Waals surface area (Å²) in [5.41, 5.74) is 1.28. The third-order valence-electron chi connectivity index (χ3n) is 2.81. The van der Waals surface area contributed by atoms with E-state index in [1.807, 2.05) is 0 Å². The van der Waals surface area contributed by atoms with Gasteiger partial charge < -0.3 is 14.2 Å². The topological polar surface area (TPSA) is 76.7 Å². The number of carboxylic acid groups (broad SMARTS) is 1. The molecule has 0 aliphatic heterocycles. The molecule has 0 aliphatic carbocycles. The van der Waals surface area contributed by atoms with E-state index in [4.69, 9.17) is 21.4 Å². The minimum atomic E-state index is -1.13. The molecule has 3 aromatic heterocycles. The summed E-state index contributed by atoms with van der Waals surface area (Å²) in [6.45, 7) is 0.144. The Labute approximate surface area is 124 Å². The molecule has 6 nitrogen and oxygen atoms in total. The lowest BCUT2D eigenvalue weighted by Gasteiger charge is -2.06. The number of fused-ring (bicyclic) bond motifs is 1. The number of carboxylic acids is 1. The van der Waals surface area contributed by atoms with Crippen LogP contribution in [0, 0.1) is 0 Å². The smallest absolute Gasteiger partial charge is 0.358 e. The van der Waals surface area contributed by atoms with Crippen molar-refractivity contribution in [2.75, 3.05) is 0 Å². The summed E-state index contributed by atoms with van der Waals surface area (Å²) in [4.78, 5) is 19.2. The molecule has 0 unspecified atom stereocenters. The molecule has 1 N–H and O–H groups in total. The van der Waals surface area contributed by atoms with Crippen molar-refractivity contribution in [3.8, 4) is 5.75 Å². The van der Waals surface area contributed by atoms with Crippen LogP contribution in [-0.4, -0.2) is 25.4 Å². The summed E-state index contributed by atoms with van der Waals surface area (Å²) in [7, 11) is 0. The first-order valence-corrected chi connectivity index (χ1v) is 6.45. The van der Waals surface area contributed by atoms with Gasteiger partial charge in [0.05, 0.1) is 10.7 Å². The van der Waals surface area contributed by atoms with Crippen LogP contribution in [0.1, 0.15) is 16.2 Å². The van der Waals surface area contributed by atoms with Crippen molar-refractivity contribution in [2.24, 2.45) is 0 Å². The van der Waals surface area contributed by atoms with Crippen molar-refractivity contribution < 1.29 is 14.6 Å². The molecule has 0 saturated heterocycles. The van der Waals surface area contributed by atoms with E-state index in [2.05, 4.69) is 9.97 Å². The Hall–Kier alpha value is -2.60. The zero-order chi connectivity index (χ0) is 14.8. The number of imidazole rings is 1. The maximum atomic E-state index is 11.0. The van der Waals surface area contributed by atoms with Crippen molar-refractivity contribution in [3.63, 3.8) is 0 Å². The number of pyridine rings is 2. The van der Waals surface area contributed by atoms with Gasteiger partial charge in [-0.3, -0.25) is 0 Å². The van der Waals surface area contributed by atoms with Crippen LogP contribution in [0.2, 0.25) is 5.02 Å². The Kier molecular flexibility index (Phi) is 3.45. The third kappa shape index (κ3) is 2.80. The molecule has 3 heterocycles. The highest BCUT2D eigenvalue weighted by Gasteiger charge is 2.12. The highest BCUT2D eigenvalue weighted by molar-refractivity contribution is 6.30. The first-order valence-electron chi connectivity index (χ1n) is 6.08. The maximum Gasteiger partial charge on any atom is 0.358 e. The van der Waals surface area contributed by atoms with Gasteiger partial charge in [0.1, 0.15) is 12.3 Å². The summed E-state index contributed by atoms with van der Waals surface area (Å²) in [6, 6.07) is 6.71. The molecule has 0 spiro atoms. The highest BCUT2D eigenvalue weighted by Crippen LogP contribution is 2.17. The molecule has 0 saturated carbocycles. The zero-order valence-corrected chi connectivity index (χ0v) is 11.5. The minimum absolute atomic E-state index is 0.121. The Morgan fingerprint density at radius 2 is 2.19 bits per heavy atom. The van der Waals surface area contributed by atoms with Crippen LogP contribution in [0.25, 0.3) is 5.65 Å². The van der Waals surface area contributed by atoms with E-state index in [-0.39, 0.29) is 18.1 Å². The maximum absolute atomic E-state index is 11.0. The fourth-order valence-electron chi connectivity index (χ4n) is 1.91. The van der Waals surface area contributed by atoms with E-state index in [1.54, 1.807) is 41.1 Å². The van der Waals surface area contributed by atoms with Gasteiger partial charge in [-0.2, -0.15) is 0 Å². The Morgan fingerprint density at radius 1 is 1.33 bits per heavy atom. The lowest BCUT2D eigenvalue weighted by Crippen LogP contribution is -2.05. The van der Waals surface area contributed by atoms with Gasteiger partial charge in [0.15, 0.2) is 11.4 Å². The van der Waals surface area contributed by atoms with E-state index in [0.29, 0.717) is 10.7 Å². The molecule has 0 radical (unpaired) electrons. The second kappa shape index (κ2) is 5.41. The fourth-order valence-corrected chi connectivity index (χ4v) is 2.07. The van der Waals surface area contributed by atoms with Crippen molar-refractivity contribution in [1.29, 1.82) is 0 Å². The first kappa shape index (κ1) is 13.4. The van der Waals surface area contributed by atoms with Crippen LogP contribution in [0.3, 0.4) is 0 Å². The van der Waals surface area contributed by atoms with E-state index in [0.717, 1.165) is 5.65 Å². The summed E-state index contributed by atoms with van der Waals surface area (Å²) < 4.78 is 7.27. The molecule has 0 amide bonds. The van der Waals surface area contributed by atoms with E-state index in [9.17, 15) is 4.79 Å². The number of halogens is 1. The van der Waals surface area contributed by atoms with Crippen LogP contribution in [0.4, 0.5) is 0 Å². The van der Waals surface area contributed by atoms with Gasteiger partial charge in [-0.25, -0.2) is 14.8 Å². The SMILES string of the molecule is O=C(O)c1ncccc1OCc1cn2cc(Cl)ccc2n1. The van der Waals surface area contributed by atoms with Crippen molar-refractivity contribution in [2.45, 2.75) is 6.61 Å². The molecule has 3 rings (SSSR count). The molecule has 7 heteroatoms. The minimum Gasteiger partial charge on any atom is -0.485 e. The average molecular weight is 304 g/mol. The summed E-state index contributed by atoms with van der Waals surface area (Å²) in [5.74, 6) is -0.924. The number of aromatic nitrogens is 3. The van der Waals surface area contributed by atoms with Gasteiger partial charge in [0.25, 0.3) is 0 Å². The monoisotopic (exact) mass is 303 g/mol. The summed E-state index contributed by atoms with van der Waals surface area (Å²) in [5, 5.41) is 9.64. The van der Waals surface area contributed by atoms with Crippen molar-refractivity contribution in [3.05, 3.63) is 59.3 Å². The predicted molar refractivity (Wildman–Crippen MR) is 75.7 cm³/mol. The van der Waals surface area contributed by atoms with Crippen LogP contribution < -0.4 is 4.74 Å². The molecular weight excluding hydrogens is 294 g/mol. The molecular formula is C14H10ClN3O3. The Morgan fingerprint density at radius 3 is 3.00 bits per heavy atom. The van der Waals surface area contributed by atoms with Crippen LogP contribution in [-0.2, 0) is 6.61 Å². The normalized spacial score (nSPS) is 10.7. The molecule has 0 bridgehead atoms. The molecule has 3 aromatic rings. The van der Waals surface area contributed by atoms with Crippen molar-refractivity contribution >= 4 is 23.2 Å². The molecule has 0 fully saturated rings. The predicted octanol–water partition coefficient (Wildman–Crippen LogP) is 2.66. The van der Waals surface area contributed by atoms with Gasteiger partial charge in [0, 0.05) is 18.6 Å². The summed E-state index contributed by atoms with van der Waals surface area (Å²) in [6.07, 6.45) is 4.92.